The predicted molar refractivity (Wildman–Crippen MR) is 146 cm³/mol. The fraction of sp³-hybridized carbons (Fsp3) is 0.407. The molecular weight excluding hydrogens is 562 g/mol. The molecule has 0 radical (unpaired) electrons. The van der Waals surface area contributed by atoms with E-state index in [9.17, 15) is 14.3 Å². The molecular formula is C27H27Cl2FN6O4. The summed E-state index contributed by atoms with van der Waals surface area (Å²) in [4.78, 5) is 22.9. The fourth-order valence-electron chi connectivity index (χ4n) is 5.02. The summed E-state index contributed by atoms with van der Waals surface area (Å²) in [5.74, 6) is -0.311. The maximum absolute atomic E-state index is 14.2. The number of carboxylic acid groups (broad SMARTS) is 1. The maximum Gasteiger partial charge on any atom is 0.354 e. The van der Waals surface area contributed by atoms with Gasteiger partial charge in [-0.1, -0.05) is 29.3 Å². The summed E-state index contributed by atoms with van der Waals surface area (Å²) in [6.07, 6.45) is 4.12. The molecule has 0 saturated carbocycles. The normalized spacial score (nSPS) is 18.2. The van der Waals surface area contributed by atoms with Gasteiger partial charge in [0.15, 0.2) is 11.3 Å². The molecule has 1 unspecified atom stereocenters. The van der Waals surface area contributed by atoms with E-state index in [4.69, 9.17) is 37.7 Å². The van der Waals surface area contributed by atoms with Gasteiger partial charge in [0, 0.05) is 36.5 Å². The molecule has 10 nitrogen and oxygen atoms in total. The van der Waals surface area contributed by atoms with E-state index >= 15 is 0 Å². The van der Waals surface area contributed by atoms with Gasteiger partial charge in [-0.05, 0) is 43.5 Å². The second kappa shape index (κ2) is 11.3. The van der Waals surface area contributed by atoms with Crippen LogP contribution in [-0.2, 0) is 24.4 Å². The Morgan fingerprint density at radius 1 is 1.12 bits per heavy atom. The summed E-state index contributed by atoms with van der Waals surface area (Å²) in [5, 5.41) is 14.5. The van der Waals surface area contributed by atoms with Crippen molar-refractivity contribution in [1.29, 1.82) is 0 Å². The van der Waals surface area contributed by atoms with E-state index < -0.39 is 11.8 Å². The number of pyridine rings is 1. The molecule has 0 amide bonds. The number of aromatic carboxylic acids is 1. The standard InChI is InChI=1S/C27H27Cl2FN6O4/c28-17-2-1-16(21(30)11-17)12-35-14-20(29)26(33-35)40-18-5-8-34(9-6-18)15-24-31-22-3-4-23(27(37)38)32-25(22)36(24)13-19-7-10-39-19/h1-4,11,14,18-19H,5-10,12-13,15H2,(H,37,38). The van der Waals surface area contributed by atoms with Crippen molar-refractivity contribution < 1.29 is 23.8 Å². The van der Waals surface area contributed by atoms with Gasteiger partial charge in [-0.2, -0.15) is 0 Å². The van der Waals surface area contributed by atoms with E-state index in [0.717, 1.165) is 44.8 Å². The molecule has 210 valence electrons. The molecule has 13 heteroatoms. The molecule has 6 rings (SSSR count). The van der Waals surface area contributed by atoms with Gasteiger partial charge in [0.25, 0.3) is 5.88 Å². The molecule has 2 aliphatic heterocycles. The molecule has 1 N–H and O–H groups in total. The van der Waals surface area contributed by atoms with Gasteiger partial charge in [-0.15, -0.1) is 5.10 Å². The minimum atomic E-state index is -1.07. The molecule has 2 aliphatic rings. The molecule has 2 fully saturated rings. The first-order chi connectivity index (χ1) is 19.3. The van der Waals surface area contributed by atoms with Gasteiger partial charge in [-0.3, -0.25) is 9.58 Å². The highest BCUT2D eigenvalue weighted by molar-refractivity contribution is 6.31. The lowest BCUT2D eigenvalue weighted by Gasteiger charge is -2.32. The molecule has 1 atom stereocenters. The topological polar surface area (TPSA) is 108 Å². The van der Waals surface area contributed by atoms with E-state index in [1.165, 1.54) is 12.1 Å². The Morgan fingerprint density at radius 3 is 2.62 bits per heavy atom. The summed E-state index contributed by atoms with van der Waals surface area (Å²) < 4.78 is 29.5. The molecule has 4 aromatic rings. The van der Waals surface area contributed by atoms with E-state index in [1.807, 2.05) is 4.57 Å². The number of imidazole rings is 1. The largest absolute Gasteiger partial charge is 0.477 e. The van der Waals surface area contributed by atoms with Crippen molar-refractivity contribution in [2.24, 2.45) is 0 Å². The van der Waals surface area contributed by atoms with Crippen molar-refractivity contribution >= 4 is 40.3 Å². The van der Waals surface area contributed by atoms with Crippen molar-refractivity contribution in [3.63, 3.8) is 0 Å². The van der Waals surface area contributed by atoms with Crippen molar-refractivity contribution in [3.8, 4) is 5.88 Å². The third-order valence-electron chi connectivity index (χ3n) is 7.28. The van der Waals surface area contributed by atoms with Crippen LogP contribution in [-0.4, -0.2) is 72.2 Å². The number of fused-ring (bicyclic) bond motifs is 1. The van der Waals surface area contributed by atoms with Gasteiger partial charge in [0.1, 0.15) is 28.3 Å². The van der Waals surface area contributed by atoms with Crippen molar-refractivity contribution in [3.05, 3.63) is 69.5 Å². The SMILES string of the molecule is O=C(O)c1ccc2nc(CN3CCC(Oc4nn(Cc5ccc(Cl)cc5F)cc4Cl)CC3)n(CC3CCO3)c2n1. The number of rotatable bonds is 9. The smallest absolute Gasteiger partial charge is 0.354 e. The Labute approximate surface area is 239 Å². The minimum Gasteiger partial charge on any atom is -0.477 e. The molecule has 5 heterocycles. The average Bonchev–Trinajstić information content (AvgIpc) is 3.42. The van der Waals surface area contributed by atoms with Gasteiger partial charge in [0.2, 0.25) is 0 Å². The third kappa shape index (κ3) is 5.78. The van der Waals surface area contributed by atoms with Crippen LogP contribution in [0.1, 0.15) is 41.1 Å². The minimum absolute atomic E-state index is 0.00732. The fourth-order valence-corrected chi connectivity index (χ4v) is 5.37. The van der Waals surface area contributed by atoms with Crippen LogP contribution in [0.25, 0.3) is 11.2 Å². The van der Waals surface area contributed by atoms with Gasteiger partial charge in [-0.25, -0.2) is 19.2 Å². The van der Waals surface area contributed by atoms with Crippen molar-refractivity contribution in [1.82, 2.24) is 29.2 Å². The summed E-state index contributed by atoms with van der Waals surface area (Å²) in [5.41, 5.74) is 1.67. The van der Waals surface area contributed by atoms with Gasteiger partial charge < -0.3 is 19.1 Å². The quantitative estimate of drug-likeness (QED) is 0.301. The van der Waals surface area contributed by atoms with Crippen LogP contribution < -0.4 is 4.74 Å². The number of carbonyl (C=O) groups is 1. The van der Waals surface area contributed by atoms with Crippen molar-refractivity contribution in [2.75, 3.05) is 19.7 Å². The molecule has 0 aliphatic carbocycles. The number of benzene rings is 1. The van der Waals surface area contributed by atoms with E-state index in [0.29, 0.717) is 45.7 Å². The lowest BCUT2D eigenvalue weighted by molar-refractivity contribution is -0.0593. The molecule has 3 aromatic heterocycles. The van der Waals surface area contributed by atoms with Crippen LogP contribution in [0.15, 0.2) is 36.5 Å². The zero-order valence-electron chi connectivity index (χ0n) is 21.5. The maximum atomic E-state index is 14.2. The number of aromatic nitrogens is 5. The van der Waals surface area contributed by atoms with Crippen LogP contribution >= 0.6 is 23.2 Å². The van der Waals surface area contributed by atoms with Gasteiger partial charge in [0.05, 0.1) is 25.7 Å². The molecule has 2 saturated heterocycles. The Morgan fingerprint density at radius 2 is 1.93 bits per heavy atom. The zero-order chi connectivity index (χ0) is 27.8. The number of piperidine rings is 1. The first-order valence-corrected chi connectivity index (χ1v) is 13.8. The molecule has 1 aromatic carbocycles. The number of carboxylic acids is 1. The summed E-state index contributed by atoms with van der Waals surface area (Å²) >= 11 is 12.2. The highest BCUT2D eigenvalue weighted by Gasteiger charge is 2.27. The highest BCUT2D eigenvalue weighted by atomic mass is 35.5. The lowest BCUT2D eigenvalue weighted by atomic mass is 10.1. The molecule has 40 heavy (non-hydrogen) atoms. The second-order valence-corrected chi connectivity index (χ2v) is 10.9. The third-order valence-corrected chi connectivity index (χ3v) is 7.78. The predicted octanol–water partition coefficient (Wildman–Crippen LogP) is 4.65. The number of likely N-dealkylation sites (tertiary alicyclic amines) is 1. The number of nitrogens with zero attached hydrogens (tertiary/aromatic N) is 6. The summed E-state index contributed by atoms with van der Waals surface area (Å²) in [6.45, 7) is 3.67. The zero-order valence-corrected chi connectivity index (χ0v) is 23.0. The second-order valence-electron chi connectivity index (χ2n) is 10.1. The van der Waals surface area contributed by atoms with Crippen LogP contribution in [0.5, 0.6) is 5.88 Å². The summed E-state index contributed by atoms with van der Waals surface area (Å²) in [7, 11) is 0. The monoisotopic (exact) mass is 588 g/mol. The Hall–Kier alpha value is -3.25. The summed E-state index contributed by atoms with van der Waals surface area (Å²) in [6, 6.07) is 7.71. The Bertz CT molecular complexity index is 1550. The van der Waals surface area contributed by atoms with Crippen LogP contribution in [0.3, 0.4) is 0 Å². The number of hydrogen-bond donors (Lipinski definition) is 1. The van der Waals surface area contributed by atoms with Gasteiger partial charge >= 0.3 is 5.97 Å². The highest BCUT2D eigenvalue weighted by Crippen LogP contribution is 2.28. The molecule has 0 spiro atoms. The average molecular weight is 589 g/mol. The van der Waals surface area contributed by atoms with E-state index in [-0.39, 0.29) is 24.4 Å². The van der Waals surface area contributed by atoms with E-state index in [1.54, 1.807) is 29.1 Å². The molecule has 0 bridgehead atoms. The van der Waals surface area contributed by atoms with Crippen LogP contribution in [0.4, 0.5) is 4.39 Å². The number of halogens is 3. The first-order valence-electron chi connectivity index (χ1n) is 13.1. The number of hydrogen-bond acceptors (Lipinski definition) is 7. The number of ether oxygens (including phenoxy) is 2. The van der Waals surface area contributed by atoms with Crippen molar-refractivity contribution in [2.45, 2.75) is 51.1 Å². The van der Waals surface area contributed by atoms with Crippen LogP contribution in [0, 0.1) is 5.82 Å². The first kappa shape index (κ1) is 26.9. The Kier molecular flexibility index (Phi) is 7.63. The van der Waals surface area contributed by atoms with E-state index in [2.05, 4.69) is 15.0 Å². The van der Waals surface area contributed by atoms with Crippen LogP contribution in [0.2, 0.25) is 10.0 Å². The Balaban J connectivity index is 1.09. The lowest BCUT2D eigenvalue weighted by Crippen LogP contribution is -2.39.